The number of oxime groups is 1. The molecule has 0 aliphatic rings. The molecule has 0 saturated heterocycles. The number of amides is 1. The molecule has 0 unspecified atom stereocenters. The minimum Gasteiger partial charge on any atom is -0.409 e. The van der Waals surface area contributed by atoms with E-state index < -0.39 is 11.7 Å². The van der Waals surface area contributed by atoms with Gasteiger partial charge in [-0.1, -0.05) is 31.3 Å². The minimum atomic E-state index is -0.535. The van der Waals surface area contributed by atoms with Gasteiger partial charge in [-0.2, -0.15) is 0 Å². The first kappa shape index (κ1) is 15.7. The van der Waals surface area contributed by atoms with E-state index in [-0.39, 0.29) is 0 Å². The van der Waals surface area contributed by atoms with Crippen LogP contribution in [0.25, 0.3) is 0 Å². The van der Waals surface area contributed by atoms with E-state index >= 15 is 0 Å². The van der Waals surface area contributed by atoms with E-state index in [4.69, 9.17) is 10.9 Å². The second kappa shape index (κ2) is 9.89. The van der Waals surface area contributed by atoms with Gasteiger partial charge < -0.3 is 21.2 Å². The number of hydrogen-bond donors (Lipinski definition) is 3. The second-order valence-corrected chi connectivity index (χ2v) is 4.11. The first-order chi connectivity index (χ1) is 8.11. The molecule has 0 aliphatic carbocycles. The Morgan fingerprint density at radius 3 is 2.65 bits per heavy atom. The van der Waals surface area contributed by atoms with Crippen molar-refractivity contribution in [2.24, 2.45) is 10.9 Å². The van der Waals surface area contributed by atoms with Gasteiger partial charge in [-0.3, -0.25) is 4.79 Å². The third-order valence-electron chi connectivity index (χ3n) is 2.51. The van der Waals surface area contributed by atoms with E-state index in [2.05, 4.69) is 22.3 Å². The maximum absolute atomic E-state index is 11.1. The van der Waals surface area contributed by atoms with Crippen molar-refractivity contribution in [1.82, 2.24) is 10.2 Å². The zero-order valence-electron chi connectivity index (χ0n) is 10.8. The predicted molar refractivity (Wildman–Crippen MR) is 68.1 cm³/mol. The molecular formula is C11H24N4O2. The third-order valence-corrected chi connectivity index (χ3v) is 2.51. The van der Waals surface area contributed by atoms with Crippen molar-refractivity contribution in [2.45, 2.75) is 32.6 Å². The Labute approximate surface area is 103 Å². The molecule has 17 heavy (non-hydrogen) atoms. The second-order valence-electron chi connectivity index (χ2n) is 4.11. The topological polar surface area (TPSA) is 91.0 Å². The number of likely N-dealkylation sites (N-methyl/N-ethyl adjacent to an activating group) is 1. The summed E-state index contributed by atoms with van der Waals surface area (Å²) < 4.78 is 0. The third kappa shape index (κ3) is 8.50. The monoisotopic (exact) mass is 244 g/mol. The van der Waals surface area contributed by atoms with Crippen LogP contribution in [0, 0.1) is 0 Å². The smallest absolute Gasteiger partial charge is 0.290 e. The summed E-state index contributed by atoms with van der Waals surface area (Å²) in [7, 11) is 2.02. The maximum atomic E-state index is 11.1. The average Bonchev–Trinajstić information content (AvgIpc) is 2.33. The van der Waals surface area contributed by atoms with Crippen LogP contribution in [0.2, 0.25) is 0 Å². The summed E-state index contributed by atoms with van der Waals surface area (Å²) in [5.74, 6) is -0.942. The van der Waals surface area contributed by atoms with Gasteiger partial charge >= 0.3 is 0 Å². The van der Waals surface area contributed by atoms with Crippen molar-refractivity contribution in [1.29, 1.82) is 0 Å². The van der Waals surface area contributed by atoms with Gasteiger partial charge in [-0.15, -0.1) is 0 Å². The number of unbranched alkanes of at least 4 members (excludes halogenated alkanes) is 3. The largest absolute Gasteiger partial charge is 0.409 e. The molecule has 0 aliphatic heterocycles. The van der Waals surface area contributed by atoms with Gasteiger partial charge in [0.1, 0.15) is 0 Å². The molecule has 0 heterocycles. The van der Waals surface area contributed by atoms with Crippen molar-refractivity contribution in [2.75, 3.05) is 26.7 Å². The van der Waals surface area contributed by atoms with Crippen molar-refractivity contribution in [3.8, 4) is 0 Å². The van der Waals surface area contributed by atoms with E-state index in [0.717, 1.165) is 13.1 Å². The molecule has 6 heteroatoms. The van der Waals surface area contributed by atoms with Crippen molar-refractivity contribution in [3.63, 3.8) is 0 Å². The molecule has 4 N–H and O–H groups in total. The van der Waals surface area contributed by atoms with Crippen LogP contribution < -0.4 is 11.1 Å². The Morgan fingerprint density at radius 2 is 2.06 bits per heavy atom. The van der Waals surface area contributed by atoms with Crippen LogP contribution in [-0.2, 0) is 4.79 Å². The highest BCUT2D eigenvalue weighted by atomic mass is 16.4. The molecule has 0 spiro atoms. The number of carbonyl (C=O) groups excluding carboxylic acids is 1. The van der Waals surface area contributed by atoms with Gasteiger partial charge in [0.25, 0.3) is 5.91 Å². The molecule has 0 aromatic carbocycles. The molecule has 6 nitrogen and oxygen atoms in total. The fraction of sp³-hybridized carbons (Fsp3) is 0.818. The number of carbonyl (C=O) groups is 1. The molecular weight excluding hydrogens is 220 g/mol. The molecule has 100 valence electrons. The van der Waals surface area contributed by atoms with Crippen molar-refractivity contribution >= 4 is 11.7 Å². The van der Waals surface area contributed by atoms with E-state index in [9.17, 15) is 4.79 Å². The van der Waals surface area contributed by atoms with Crippen LogP contribution in [0.15, 0.2) is 5.16 Å². The normalized spacial score (nSPS) is 11.8. The summed E-state index contributed by atoms with van der Waals surface area (Å²) in [5, 5.41) is 13.5. The van der Waals surface area contributed by atoms with E-state index in [1.54, 1.807) is 0 Å². The number of rotatable bonds is 8. The maximum Gasteiger partial charge on any atom is 0.290 e. The Bertz CT molecular complexity index is 244. The van der Waals surface area contributed by atoms with E-state index in [1.807, 2.05) is 7.05 Å². The standard InChI is InChI=1S/C11H24N4O2/c1-3-4-5-6-8-15(2)9-7-13-11(16)10(12)14-17/h17H,3-9H2,1-2H3,(H2,12,14)(H,13,16). The fourth-order valence-corrected chi connectivity index (χ4v) is 1.42. The lowest BCUT2D eigenvalue weighted by Crippen LogP contribution is -2.40. The summed E-state index contributed by atoms with van der Waals surface area (Å²) in [6.45, 7) is 4.47. The highest BCUT2D eigenvalue weighted by molar-refractivity contribution is 6.36. The summed E-state index contributed by atoms with van der Waals surface area (Å²) in [6, 6.07) is 0. The van der Waals surface area contributed by atoms with Gasteiger partial charge in [0, 0.05) is 13.1 Å². The van der Waals surface area contributed by atoms with E-state index in [0.29, 0.717) is 6.54 Å². The number of nitrogens with zero attached hydrogens (tertiary/aromatic N) is 2. The molecule has 0 aromatic rings. The summed E-state index contributed by atoms with van der Waals surface area (Å²) in [6.07, 6.45) is 4.93. The Kier molecular flexibility index (Phi) is 9.14. The van der Waals surface area contributed by atoms with Crippen LogP contribution in [0.4, 0.5) is 0 Å². The highest BCUT2D eigenvalue weighted by Gasteiger charge is 2.06. The fourth-order valence-electron chi connectivity index (χ4n) is 1.42. The van der Waals surface area contributed by atoms with Gasteiger partial charge in [-0.05, 0) is 20.0 Å². The van der Waals surface area contributed by atoms with Crippen LogP contribution in [0.1, 0.15) is 32.6 Å². The Morgan fingerprint density at radius 1 is 1.35 bits per heavy atom. The molecule has 0 saturated carbocycles. The molecule has 0 rings (SSSR count). The minimum absolute atomic E-state index is 0.407. The van der Waals surface area contributed by atoms with Crippen molar-refractivity contribution < 1.29 is 10.0 Å². The van der Waals surface area contributed by atoms with Gasteiger partial charge in [0.2, 0.25) is 5.84 Å². The molecule has 0 radical (unpaired) electrons. The van der Waals surface area contributed by atoms with Crippen LogP contribution in [0.5, 0.6) is 0 Å². The number of nitrogens with one attached hydrogen (secondary N) is 1. The van der Waals surface area contributed by atoms with Gasteiger partial charge in [0.05, 0.1) is 0 Å². The number of nitrogens with two attached hydrogens (primary N) is 1. The van der Waals surface area contributed by atoms with Gasteiger partial charge in [0.15, 0.2) is 0 Å². The SMILES string of the molecule is CCCCCCN(C)CCNC(=O)/C(N)=N/O. The first-order valence-corrected chi connectivity index (χ1v) is 6.06. The number of amidine groups is 1. The lowest BCUT2D eigenvalue weighted by atomic mass is 10.2. The molecule has 1 amide bonds. The number of hydrogen-bond acceptors (Lipinski definition) is 4. The zero-order valence-corrected chi connectivity index (χ0v) is 10.8. The van der Waals surface area contributed by atoms with E-state index in [1.165, 1.54) is 25.7 Å². The van der Waals surface area contributed by atoms with Crippen LogP contribution in [-0.4, -0.2) is 48.5 Å². The predicted octanol–water partition coefficient (Wildman–Crippen LogP) is 0.361. The highest BCUT2D eigenvalue weighted by Crippen LogP contribution is 1.99. The molecule has 0 bridgehead atoms. The summed E-state index contributed by atoms with van der Waals surface area (Å²) >= 11 is 0. The summed E-state index contributed by atoms with van der Waals surface area (Å²) in [4.78, 5) is 13.3. The molecule has 0 aromatic heterocycles. The van der Waals surface area contributed by atoms with Crippen molar-refractivity contribution in [3.05, 3.63) is 0 Å². The molecule has 0 fully saturated rings. The average molecular weight is 244 g/mol. The Balaban J connectivity index is 3.51. The summed E-state index contributed by atoms with van der Waals surface area (Å²) in [5.41, 5.74) is 5.12. The molecule has 0 atom stereocenters. The van der Waals surface area contributed by atoms with Gasteiger partial charge in [-0.25, -0.2) is 0 Å². The quantitative estimate of drug-likeness (QED) is 0.189. The lowest BCUT2D eigenvalue weighted by molar-refractivity contribution is -0.115. The lowest BCUT2D eigenvalue weighted by Gasteiger charge is -2.16. The van der Waals surface area contributed by atoms with Crippen LogP contribution in [0.3, 0.4) is 0 Å². The zero-order chi connectivity index (χ0) is 13.1. The van der Waals surface area contributed by atoms with Crippen LogP contribution >= 0.6 is 0 Å². The Hall–Kier alpha value is -1.30. The first-order valence-electron chi connectivity index (χ1n) is 6.06.